The summed E-state index contributed by atoms with van der Waals surface area (Å²) in [6, 6.07) is 2.15. The number of rotatable bonds is 8. The molecule has 0 bridgehead atoms. The number of carboxylic acid groups (broad SMARTS) is 1. The lowest BCUT2D eigenvalue weighted by molar-refractivity contribution is -0.139. The molecule has 1 heterocycles. The fourth-order valence-electron chi connectivity index (χ4n) is 1.63. The highest BCUT2D eigenvalue weighted by atomic mass is 35.5. The van der Waals surface area contributed by atoms with E-state index in [9.17, 15) is 14.4 Å². The highest BCUT2D eigenvalue weighted by Gasteiger charge is 2.21. The van der Waals surface area contributed by atoms with Crippen molar-refractivity contribution >= 4 is 41.4 Å². The number of carbonyl (C=O) groups is 3. The van der Waals surface area contributed by atoms with Crippen molar-refractivity contribution in [1.29, 1.82) is 0 Å². The van der Waals surface area contributed by atoms with Crippen LogP contribution in [0.3, 0.4) is 0 Å². The van der Waals surface area contributed by atoms with Crippen molar-refractivity contribution in [2.75, 3.05) is 6.54 Å². The van der Waals surface area contributed by atoms with E-state index in [0.29, 0.717) is 35.6 Å². The second kappa shape index (κ2) is 9.49. The minimum absolute atomic E-state index is 0. The first kappa shape index (κ1) is 19.6. The molecule has 1 aromatic heterocycles. The van der Waals surface area contributed by atoms with Crippen LogP contribution in [-0.4, -0.2) is 35.4 Å². The Kier molecular flexibility index (Phi) is 8.84. The lowest BCUT2D eigenvalue weighted by Crippen LogP contribution is -2.40. The number of amides is 1. The molecule has 6 nitrogen and oxygen atoms in total. The molecule has 4 N–H and O–H groups in total. The molecule has 0 saturated carbocycles. The van der Waals surface area contributed by atoms with Crippen molar-refractivity contribution in [3.05, 3.63) is 21.9 Å². The molecule has 1 aromatic rings. The van der Waals surface area contributed by atoms with E-state index in [2.05, 4.69) is 5.32 Å². The standard InChI is InChI=1S/C13H18N2O4S.ClH/c1-8(16)10-5-6-11(20-10)12(17)15-9(13(18)19)4-2-3-7-14;/h5-6,9H,2-4,7,14H2,1H3,(H,15,17)(H,18,19);1H/t9-;/m0./s1. The molecule has 21 heavy (non-hydrogen) atoms. The van der Waals surface area contributed by atoms with Crippen LogP contribution in [0.5, 0.6) is 0 Å². The summed E-state index contributed by atoms with van der Waals surface area (Å²) in [7, 11) is 0. The average molecular weight is 335 g/mol. The van der Waals surface area contributed by atoms with Crippen LogP contribution in [0.2, 0.25) is 0 Å². The number of aliphatic carboxylic acids is 1. The normalized spacial score (nSPS) is 11.3. The highest BCUT2D eigenvalue weighted by Crippen LogP contribution is 2.17. The molecule has 0 unspecified atom stereocenters. The lowest BCUT2D eigenvalue weighted by atomic mass is 10.1. The average Bonchev–Trinajstić information content (AvgIpc) is 2.87. The largest absolute Gasteiger partial charge is 0.480 e. The van der Waals surface area contributed by atoms with Gasteiger partial charge >= 0.3 is 5.97 Å². The van der Waals surface area contributed by atoms with E-state index in [1.807, 2.05) is 0 Å². The SMILES string of the molecule is CC(=O)c1ccc(C(=O)N[C@@H](CCCCN)C(=O)O)s1.Cl. The molecular formula is C13H19ClN2O4S. The number of carboxylic acids is 1. The Morgan fingerprint density at radius 3 is 2.38 bits per heavy atom. The Labute approximate surface area is 133 Å². The Morgan fingerprint density at radius 1 is 1.29 bits per heavy atom. The number of ketones is 1. The number of Topliss-reactive ketones (excluding diaryl/α,β-unsaturated/α-hetero) is 1. The first-order valence-corrected chi connectivity index (χ1v) is 7.12. The molecule has 0 radical (unpaired) electrons. The number of unbranched alkanes of at least 4 members (excludes halogenated alkanes) is 1. The third-order valence-electron chi connectivity index (χ3n) is 2.73. The molecule has 1 rings (SSSR count). The fourth-order valence-corrected chi connectivity index (χ4v) is 2.43. The van der Waals surface area contributed by atoms with Crippen LogP contribution in [0, 0.1) is 0 Å². The minimum atomic E-state index is -1.07. The summed E-state index contributed by atoms with van der Waals surface area (Å²) in [5.41, 5.74) is 5.35. The van der Waals surface area contributed by atoms with Gasteiger partial charge in [-0.25, -0.2) is 4.79 Å². The molecule has 1 atom stereocenters. The van der Waals surface area contributed by atoms with Gasteiger partial charge in [-0.3, -0.25) is 9.59 Å². The van der Waals surface area contributed by atoms with Crippen molar-refractivity contribution in [1.82, 2.24) is 5.32 Å². The monoisotopic (exact) mass is 334 g/mol. The van der Waals surface area contributed by atoms with Crippen molar-refractivity contribution < 1.29 is 19.5 Å². The number of thiophene rings is 1. The number of hydrogen-bond acceptors (Lipinski definition) is 5. The van der Waals surface area contributed by atoms with Gasteiger partial charge in [0, 0.05) is 0 Å². The van der Waals surface area contributed by atoms with E-state index in [-0.39, 0.29) is 18.2 Å². The van der Waals surface area contributed by atoms with Gasteiger partial charge in [0.1, 0.15) is 6.04 Å². The molecule has 0 aliphatic carbocycles. The van der Waals surface area contributed by atoms with Gasteiger partial charge in [-0.05, 0) is 44.9 Å². The number of hydrogen-bond donors (Lipinski definition) is 3. The summed E-state index contributed by atoms with van der Waals surface area (Å²) in [6.45, 7) is 1.91. The number of carbonyl (C=O) groups excluding carboxylic acids is 2. The molecule has 0 aliphatic heterocycles. The summed E-state index contributed by atoms with van der Waals surface area (Å²) in [5, 5.41) is 11.5. The van der Waals surface area contributed by atoms with Gasteiger partial charge in [-0.15, -0.1) is 23.7 Å². The van der Waals surface area contributed by atoms with Gasteiger partial charge in [0.2, 0.25) is 0 Å². The van der Waals surface area contributed by atoms with E-state index in [1.54, 1.807) is 6.07 Å². The molecule has 0 aromatic carbocycles. The zero-order valence-electron chi connectivity index (χ0n) is 11.6. The molecule has 0 aliphatic rings. The van der Waals surface area contributed by atoms with Gasteiger partial charge < -0.3 is 16.2 Å². The minimum Gasteiger partial charge on any atom is -0.480 e. The van der Waals surface area contributed by atoms with Crippen LogP contribution in [0.25, 0.3) is 0 Å². The molecule has 8 heteroatoms. The highest BCUT2D eigenvalue weighted by molar-refractivity contribution is 7.15. The van der Waals surface area contributed by atoms with Gasteiger partial charge in [-0.1, -0.05) is 0 Å². The van der Waals surface area contributed by atoms with Crippen LogP contribution >= 0.6 is 23.7 Å². The topological polar surface area (TPSA) is 109 Å². The van der Waals surface area contributed by atoms with E-state index in [0.717, 1.165) is 11.3 Å². The third-order valence-corrected chi connectivity index (χ3v) is 3.91. The Morgan fingerprint density at radius 2 is 1.90 bits per heavy atom. The van der Waals surface area contributed by atoms with E-state index in [1.165, 1.54) is 13.0 Å². The predicted molar refractivity (Wildman–Crippen MR) is 83.4 cm³/mol. The lowest BCUT2D eigenvalue weighted by Gasteiger charge is -2.13. The van der Waals surface area contributed by atoms with E-state index in [4.69, 9.17) is 10.8 Å². The summed E-state index contributed by atoms with van der Waals surface area (Å²) in [4.78, 5) is 35.0. The van der Waals surface area contributed by atoms with Crippen LogP contribution in [-0.2, 0) is 4.79 Å². The van der Waals surface area contributed by atoms with Crippen LogP contribution in [0.15, 0.2) is 12.1 Å². The zero-order chi connectivity index (χ0) is 15.1. The van der Waals surface area contributed by atoms with Gasteiger partial charge in [-0.2, -0.15) is 0 Å². The maximum atomic E-state index is 11.9. The number of halogens is 1. The maximum Gasteiger partial charge on any atom is 0.326 e. The molecule has 0 fully saturated rings. The van der Waals surface area contributed by atoms with Crippen molar-refractivity contribution in [2.24, 2.45) is 5.73 Å². The summed E-state index contributed by atoms with van der Waals surface area (Å²) >= 11 is 1.06. The Balaban J connectivity index is 0.00000400. The fraction of sp³-hybridized carbons (Fsp3) is 0.462. The molecule has 0 spiro atoms. The van der Waals surface area contributed by atoms with E-state index >= 15 is 0 Å². The molecule has 118 valence electrons. The van der Waals surface area contributed by atoms with Crippen LogP contribution in [0.1, 0.15) is 45.5 Å². The first-order chi connectivity index (χ1) is 9.45. The maximum absolute atomic E-state index is 11.9. The zero-order valence-corrected chi connectivity index (χ0v) is 13.3. The van der Waals surface area contributed by atoms with Crippen LogP contribution < -0.4 is 11.1 Å². The molecule has 0 saturated heterocycles. The van der Waals surface area contributed by atoms with Crippen LogP contribution in [0.4, 0.5) is 0 Å². The summed E-state index contributed by atoms with van der Waals surface area (Å²) < 4.78 is 0. The molecular weight excluding hydrogens is 316 g/mol. The third kappa shape index (κ3) is 6.24. The first-order valence-electron chi connectivity index (χ1n) is 6.30. The Bertz CT molecular complexity index is 504. The van der Waals surface area contributed by atoms with Gasteiger partial charge in [0.15, 0.2) is 5.78 Å². The second-order valence-corrected chi connectivity index (χ2v) is 5.45. The number of nitrogens with one attached hydrogen (secondary N) is 1. The van der Waals surface area contributed by atoms with Crippen molar-refractivity contribution in [3.63, 3.8) is 0 Å². The van der Waals surface area contributed by atoms with Gasteiger partial charge in [0.25, 0.3) is 5.91 Å². The van der Waals surface area contributed by atoms with Crippen molar-refractivity contribution in [3.8, 4) is 0 Å². The summed E-state index contributed by atoms with van der Waals surface area (Å²) in [6.07, 6.45) is 1.69. The number of nitrogens with two attached hydrogens (primary N) is 1. The van der Waals surface area contributed by atoms with E-state index < -0.39 is 17.9 Å². The smallest absolute Gasteiger partial charge is 0.326 e. The predicted octanol–water partition coefficient (Wildman–Crippen LogP) is 1.68. The Hall–Kier alpha value is -1.44. The van der Waals surface area contributed by atoms with Gasteiger partial charge in [0.05, 0.1) is 9.75 Å². The summed E-state index contributed by atoms with van der Waals surface area (Å²) in [5.74, 6) is -1.66. The quantitative estimate of drug-likeness (QED) is 0.495. The molecule has 1 amide bonds. The van der Waals surface area contributed by atoms with Crippen molar-refractivity contribution in [2.45, 2.75) is 32.2 Å². The second-order valence-electron chi connectivity index (χ2n) is 4.37.